The fraction of sp³-hybridized carbons (Fsp3) is 0.750. The van der Waals surface area contributed by atoms with Gasteiger partial charge in [-0.15, -0.1) is 0 Å². The van der Waals surface area contributed by atoms with E-state index in [2.05, 4.69) is 32.9 Å². The second-order valence-electron chi connectivity index (χ2n) is 10.2. The summed E-state index contributed by atoms with van der Waals surface area (Å²) in [5.74, 6) is 1.04. The lowest BCUT2D eigenvalue weighted by molar-refractivity contribution is -0.148. The van der Waals surface area contributed by atoms with Crippen LogP contribution in [0.5, 0.6) is 0 Å². The molecule has 0 bridgehead atoms. The maximum absolute atomic E-state index is 13.0. The van der Waals surface area contributed by atoms with E-state index in [1.165, 1.54) is 12.5 Å². The second-order valence-corrected chi connectivity index (χ2v) is 10.2. The summed E-state index contributed by atoms with van der Waals surface area (Å²) >= 11 is 0. The maximum atomic E-state index is 13.0. The Bertz CT molecular complexity index is 750. The molecular formula is C24H34O4. The zero-order valence-corrected chi connectivity index (χ0v) is 17.7. The summed E-state index contributed by atoms with van der Waals surface area (Å²) in [6.07, 6.45) is 10.3. The van der Waals surface area contributed by atoms with Crippen molar-refractivity contribution in [2.24, 2.45) is 34.5 Å². The molecule has 154 valence electrons. The summed E-state index contributed by atoms with van der Waals surface area (Å²) in [4.78, 5) is 24.2. The van der Waals surface area contributed by atoms with Gasteiger partial charge in [-0.1, -0.05) is 44.1 Å². The number of hydrogen-bond acceptors (Lipinski definition) is 4. The number of esters is 1. The van der Waals surface area contributed by atoms with Crippen molar-refractivity contribution in [1.82, 2.24) is 0 Å². The normalized spacial score (nSPS) is 44.5. The van der Waals surface area contributed by atoms with E-state index >= 15 is 0 Å². The Balaban J connectivity index is 1.64. The molecule has 1 N–H and O–H groups in total. The predicted octanol–water partition coefficient (Wildman–Crippen LogP) is 4.22. The highest BCUT2D eigenvalue weighted by Gasteiger charge is 2.59. The number of aliphatic hydroxyl groups is 1. The highest BCUT2D eigenvalue weighted by atomic mass is 16.5. The molecular weight excluding hydrogens is 352 g/mol. The number of carbonyl (C=O) groups is 2. The minimum atomic E-state index is -0.384. The molecule has 0 aromatic rings. The van der Waals surface area contributed by atoms with E-state index in [0.717, 1.165) is 38.5 Å². The lowest BCUT2D eigenvalue weighted by Gasteiger charge is -2.53. The van der Waals surface area contributed by atoms with Gasteiger partial charge < -0.3 is 9.84 Å². The van der Waals surface area contributed by atoms with Crippen LogP contribution in [0.1, 0.15) is 66.2 Å². The van der Waals surface area contributed by atoms with Gasteiger partial charge >= 0.3 is 5.97 Å². The third-order valence-electron chi connectivity index (χ3n) is 8.57. The first-order valence-corrected chi connectivity index (χ1v) is 10.9. The number of rotatable bonds is 3. The van der Waals surface area contributed by atoms with E-state index in [-0.39, 0.29) is 41.2 Å². The van der Waals surface area contributed by atoms with E-state index in [0.29, 0.717) is 17.8 Å². The lowest BCUT2D eigenvalue weighted by atomic mass is 9.51. The topological polar surface area (TPSA) is 63.6 Å². The van der Waals surface area contributed by atoms with Crippen LogP contribution >= 0.6 is 0 Å². The number of ether oxygens (including phenoxy) is 1. The van der Waals surface area contributed by atoms with E-state index < -0.39 is 0 Å². The molecule has 4 aliphatic carbocycles. The highest BCUT2D eigenvalue weighted by Crippen LogP contribution is 2.65. The van der Waals surface area contributed by atoms with Crippen molar-refractivity contribution in [1.29, 1.82) is 0 Å². The van der Waals surface area contributed by atoms with Gasteiger partial charge in [0.1, 0.15) is 6.61 Å². The molecule has 2 saturated carbocycles. The van der Waals surface area contributed by atoms with E-state index in [1.54, 1.807) is 5.57 Å². The zero-order valence-electron chi connectivity index (χ0n) is 17.7. The van der Waals surface area contributed by atoms with Crippen molar-refractivity contribution in [3.63, 3.8) is 0 Å². The summed E-state index contributed by atoms with van der Waals surface area (Å²) < 4.78 is 5.06. The Hall–Kier alpha value is -1.42. The molecule has 0 aliphatic heterocycles. The number of allylic oxidation sites excluding steroid dienone is 3. The molecule has 4 nitrogen and oxygen atoms in total. The lowest BCUT2D eigenvalue weighted by Crippen LogP contribution is -2.46. The fourth-order valence-electron chi connectivity index (χ4n) is 7.32. The number of aliphatic hydroxyl groups excluding tert-OH is 1. The molecule has 0 radical (unpaired) electrons. The Morgan fingerprint density at radius 1 is 1.29 bits per heavy atom. The van der Waals surface area contributed by atoms with Gasteiger partial charge in [0.15, 0.2) is 5.78 Å². The monoisotopic (exact) mass is 386 g/mol. The summed E-state index contributed by atoms with van der Waals surface area (Å²) in [6.45, 7) is 8.14. The van der Waals surface area contributed by atoms with Crippen LogP contribution in [0.25, 0.3) is 0 Å². The predicted molar refractivity (Wildman–Crippen MR) is 107 cm³/mol. The van der Waals surface area contributed by atoms with Crippen LogP contribution < -0.4 is 0 Å². The van der Waals surface area contributed by atoms with Gasteiger partial charge in [0.25, 0.3) is 0 Å². The number of carbonyl (C=O) groups excluding carboxylic acids is 2. The summed E-state index contributed by atoms with van der Waals surface area (Å²) in [5.41, 5.74) is 3.04. The summed E-state index contributed by atoms with van der Waals surface area (Å²) in [6, 6.07) is 0. The zero-order chi connectivity index (χ0) is 20.3. The summed E-state index contributed by atoms with van der Waals surface area (Å²) in [5, 5.41) is 10.1. The van der Waals surface area contributed by atoms with Crippen LogP contribution in [0.3, 0.4) is 0 Å². The van der Waals surface area contributed by atoms with Gasteiger partial charge in [0, 0.05) is 18.3 Å². The molecule has 7 atom stereocenters. The third-order valence-corrected chi connectivity index (χ3v) is 8.57. The first-order valence-electron chi connectivity index (χ1n) is 10.9. The van der Waals surface area contributed by atoms with E-state index in [1.807, 2.05) is 0 Å². The van der Waals surface area contributed by atoms with Crippen molar-refractivity contribution >= 4 is 11.8 Å². The van der Waals surface area contributed by atoms with Crippen LogP contribution in [-0.2, 0) is 14.3 Å². The van der Waals surface area contributed by atoms with Crippen molar-refractivity contribution in [3.8, 4) is 0 Å². The minimum absolute atomic E-state index is 0.0347. The molecule has 28 heavy (non-hydrogen) atoms. The first kappa shape index (κ1) is 19.9. The molecule has 0 heterocycles. The SMILES string of the molecule is CC(=O)OCC(=O)[C@H]1[C@H](C)CC2C3CCC4=CC(O)CC[C@]4(C)C3=CC[C@@]21C. The van der Waals surface area contributed by atoms with Crippen LogP contribution in [-0.4, -0.2) is 29.6 Å². The molecule has 2 fully saturated rings. The van der Waals surface area contributed by atoms with Crippen LogP contribution in [0.4, 0.5) is 0 Å². The van der Waals surface area contributed by atoms with Crippen LogP contribution in [0, 0.1) is 34.5 Å². The standard InChI is InChI=1S/C24H34O4/c1-14-11-20-18-6-5-16-12-17(26)7-9-23(16,3)19(18)8-10-24(20,4)22(14)21(27)13-28-15(2)25/h8,12,14,17-18,20,22,26H,5-7,9-11,13H2,1-4H3/t14-,17?,18?,20?,22-,23+,24+/m1/s1. The summed E-state index contributed by atoms with van der Waals surface area (Å²) in [7, 11) is 0. The number of Topliss-reactive ketones (excluding diaryl/α,β-unsaturated/α-hetero) is 1. The van der Waals surface area contributed by atoms with Gasteiger partial charge in [-0.05, 0) is 61.7 Å². The molecule has 0 amide bonds. The van der Waals surface area contributed by atoms with Crippen molar-refractivity contribution in [3.05, 3.63) is 23.3 Å². The largest absolute Gasteiger partial charge is 0.458 e. The van der Waals surface area contributed by atoms with Gasteiger partial charge in [-0.25, -0.2) is 0 Å². The minimum Gasteiger partial charge on any atom is -0.458 e. The number of ketones is 1. The smallest absolute Gasteiger partial charge is 0.303 e. The Morgan fingerprint density at radius 3 is 2.75 bits per heavy atom. The van der Waals surface area contributed by atoms with Crippen LogP contribution in [0.2, 0.25) is 0 Å². The quantitative estimate of drug-likeness (QED) is 0.582. The van der Waals surface area contributed by atoms with Gasteiger partial charge in [-0.2, -0.15) is 0 Å². The van der Waals surface area contributed by atoms with Crippen molar-refractivity contribution < 1.29 is 19.4 Å². The molecule has 3 unspecified atom stereocenters. The number of fused-ring (bicyclic) bond motifs is 5. The van der Waals surface area contributed by atoms with E-state index in [9.17, 15) is 14.7 Å². The fourth-order valence-corrected chi connectivity index (χ4v) is 7.32. The molecule has 4 heteroatoms. The molecule has 0 aromatic heterocycles. The number of hydrogen-bond donors (Lipinski definition) is 1. The third kappa shape index (κ3) is 2.91. The second kappa shape index (κ2) is 6.83. The van der Waals surface area contributed by atoms with Gasteiger partial charge in [0.2, 0.25) is 0 Å². The maximum Gasteiger partial charge on any atom is 0.303 e. The van der Waals surface area contributed by atoms with Crippen molar-refractivity contribution in [2.45, 2.75) is 72.3 Å². The average Bonchev–Trinajstić information content (AvgIpc) is 2.90. The molecule has 0 spiro atoms. The first-order chi connectivity index (χ1) is 13.2. The Morgan fingerprint density at radius 2 is 2.04 bits per heavy atom. The molecule has 0 saturated heterocycles. The Labute approximate surface area is 168 Å². The Kier molecular flexibility index (Phi) is 4.85. The van der Waals surface area contributed by atoms with Crippen LogP contribution in [0.15, 0.2) is 23.3 Å². The molecule has 0 aromatic carbocycles. The van der Waals surface area contributed by atoms with Gasteiger partial charge in [0.05, 0.1) is 6.10 Å². The van der Waals surface area contributed by atoms with Crippen molar-refractivity contribution in [2.75, 3.05) is 6.61 Å². The molecule has 4 aliphatic rings. The van der Waals surface area contributed by atoms with Gasteiger partial charge in [-0.3, -0.25) is 9.59 Å². The van der Waals surface area contributed by atoms with E-state index in [4.69, 9.17) is 4.74 Å². The molecule has 4 rings (SSSR count). The average molecular weight is 387 g/mol. The highest BCUT2D eigenvalue weighted by molar-refractivity contribution is 5.85.